The number of hydrogen-bond donors (Lipinski definition) is 3. The average Bonchev–Trinajstić information content (AvgIpc) is 3.02. The van der Waals surface area contributed by atoms with Crippen LogP contribution in [0.3, 0.4) is 0 Å². The molecule has 5 amide bonds. The fourth-order valence-corrected chi connectivity index (χ4v) is 3.69. The van der Waals surface area contributed by atoms with Crippen molar-refractivity contribution >= 4 is 29.5 Å². The molecule has 9 nitrogen and oxygen atoms in total. The Balaban J connectivity index is 1.49. The molecule has 1 unspecified atom stereocenters. The van der Waals surface area contributed by atoms with Gasteiger partial charge in [-0.05, 0) is 35.7 Å². The number of piperidine rings is 1. The van der Waals surface area contributed by atoms with E-state index < -0.39 is 35.6 Å². The Morgan fingerprint density at radius 3 is 2.35 bits per heavy atom. The van der Waals surface area contributed by atoms with E-state index in [-0.39, 0.29) is 36.1 Å². The van der Waals surface area contributed by atoms with Gasteiger partial charge < -0.3 is 11.1 Å². The fourth-order valence-electron chi connectivity index (χ4n) is 3.69. The molecule has 1 fully saturated rings. The lowest BCUT2D eigenvalue weighted by Gasteiger charge is -2.27. The van der Waals surface area contributed by atoms with E-state index in [1.807, 2.05) is 24.3 Å². The van der Waals surface area contributed by atoms with Crippen molar-refractivity contribution in [2.45, 2.75) is 32.0 Å². The van der Waals surface area contributed by atoms with Crippen molar-refractivity contribution in [2.24, 2.45) is 5.73 Å². The lowest BCUT2D eigenvalue weighted by Crippen LogP contribution is -2.54. The summed E-state index contributed by atoms with van der Waals surface area (Å²) in [6.45, 7) is 0.723. The Bertz CT molecular complexity index is 1110. The molecule has 0 bridgehead atoms. The smallest absolute Gasteiger partial charge is 0.262 e. The van der Waals surface area contributed by atoms with Gasteiger partial charge in [0.25, 0.3) is 17.7 Å². The molecule has 158 valence electrons. The first-order valence-electron chi connectivity index (χ1n) is 9.80. The Hall–Kier alpha value is -3.85. The zero-order valence-corrected chi connectivity index (χ0v) is 16.5. The highest BCUT2D eigenvalue weighted by molar-refractivity contribution is 6.24. The van der Waals surface area contributed by atoms with Gasteiger partial charge >= 0.3 is 0 Å². The number of rotatable bonds is 5. The number of hydrogen-bond acceptors (Lipinski definition) is 6. The van der Waals surface area contributed by atoms with Crippen LogP contribution in [0.25, 0.3) is 0 Å². The second-order valence-corrected chi connectivity index (χ2v) is 7.41. The molecule has 4 rings (SSSR count). The summed E-state index contributed by atoms with van der Waals surface area (Å²) in [5.74, 6) is -2.77. The zero-order chi connectivity index (χ0) is 22.1. The van der Waals surface area contributed by atoms with Crippen LogP contribution in [0.2, 0.25) is 0 Å². The van der Waals surface area contributed by atoms with Crippen molar-refractivity contribution < 1.29 is 24.0 Å². The molecule has 1 saturated heterocycles. The van der Waals surface area contributed by atoms with Gasteiger partial charge in [0.1, 0.15) is 6.04 Å². The van der Waals surface area contributed by atoms with E-state index in [4.69, 9.17) is 5.73 Å². The molecular weight excluding hydrogens is 400 g/mol. The number of imide groups is 2. The lowest BCUT2D eigenvalue weighted by molar-refractivity contribution is -0.136. The summed E-state index contributed by atoms with van der Waals surface area (Å²) in [5, 5.41) is 4.92. The van der Waals surface area contributed by atoms with Crippen LogP contribution in [0.15, 0.2) is 42.5 Å². The molecule has 0 saturated carbocycles. The van der Waals surface area contributed by atoms with Crippen molar-refractivity contribution in [3.63, 3.8) is 0 Å². The average molecular weight is 420 g/mol. The third-order valence-corrected chi connectivity index (χ3v) is 5.41. The van der Waals surface area contributed by atoms with Gasteiger partial charge in [0.15, 0.2) is 0 Å². The minimum Gasteiger partial charge on any atom is -0.348 e. The fraction of sp³-hybridized carbons (Fsp3) is 0.227. The van der Waals surface area contributed by atoms with Gasteiger partial charge in [-0.3, -0.25) is 34.2 Å². The summed E-state index contributed by atoms with van der Waals surface area (Å²) < 4.78 is 0. The second kappa shape index (κ2) is 8.11. The third-order valence-electron chi connectivity index (χ3n) is 5.41. The van der Waals surface area contributed by atoms with Crippen molar-refractivity contribution in [1.29, 1.82) is 0 Å². The first kappa shape index (κ1) is 20.4. The molecular formula is C22H20N4O5. The van der Waals surface area contributed by atoms with Crippen LogP contribution in [-0.2, 0) is 22.7 Å². The quantitative estimate of drug-likeness (QED) is 0.601. The lowest BCUT2D eigenvalue weighted by atomic mass is 10.0. The van der Waals surface area contributed by atoms with E-state index in [1.54, 1.807) is 0 Å². The molecule has 1 atom stereocenters. The third kappa shape index (κ3) is 3.82. The first-order chi connectivity index (χ1) is 14.9. The monoisotopic (exact) mass is 420 g/mol. The SMILES string of the molecule is NCc1ccc(CNC(=O)c2ccc3c(c2)C(=O)N(C2CCC(=O)NC2=O)C3=O)cc1. The van der Waals surface area contributed by atoms with Crippen LogP contribution in [0.5, 0.6) is 0 Å². The molecule has 0 aliphatic carbocycles. The van der Waals surface area contributed by atoms with E-state index in [0.29, 0.717) is 6.54 Å². The number of carbonyl (C=O) groups excluding carboxylic acids is 5. The zero-order valence-electron chi connectivity index (χ0n) is 16.5. The van der Waals surface area contributed by atoms with Crippen LogP contribution in [-0.4, -0.2) is 40.5 Å². The Morgan fingerprint density at radius 1 is 1.00 bits per heavy atom. The van der Waals surface area contributed by atoms with E-state index >= 15 is 0 Å². The maximum absolute atomic E-state index is 12.8. The number of benzene rings is 2. The van der Waals surface area contributed by atoms with Gasteiger partial charge in [-0.25, -0.2) is 0 Å². The number of carbonyl (C=O) groups is 5. The molecule has 2 aliphatic heterocycles. The van der Waals surface area contributed by atoms with Crippen LogP contribution >= 0.6 is 0 Å². The molecule has 0 spiro atoms. The minimum atomic E-state index is -1.04. The van der Waals surface area contributed by atoms with Gasteiger partial charge in [0.05, 0.1) is 11.1 Å². The maximum Gasteiger partial charge on any atom is 0.262 e. The van der Waals surface area contributed by atoms with Crippen LogP contribution in [0.1, 0.15) is 55.0 Å². The highest BCUT2D eigenvalue weighted by Crippen LogP contribution is 2.28. The molecule has 0 aromatic heterocycles. The van der Waals surface area contributed by atoms with Gasteiger partial charge in [-0.15, -0.1) is 0 Å². The Morgan fingerprint density at radius 2 is 1.68 bits per heavy atom. The highest BCUT2D eigenvalue weighted by Gasteiger charge is 2.44. The molecule has 4 N–H and O–H groups in total. The van der Waals surface area contributed by atoms with Crippen molar-refractivity contribution in [3.8, 4) is 0 Å². The first-order valence-corrected chi connectivity index (χ1v) is 9.80. The summed E-state index contributed by atoms with van der Waals surface area (Å²) in [6, 6.07) is 10.7. The minimum absolute atomic E-state index is 0.0454. The standard InChI is InChI=1S/C22H20N4O5/c23-10-12-1-3-13(4-2-12)11-24-19(28)14-5-6-15-16(9-14)22(31)26(21(15)30)17-7-8-18(27)25-20(17)29/h1-6,9,17H,7-8,10-11,23H2,(H,24,28)(H,25,27,29). The van der Waals surface area contributed by atoms with Gasteiger partial charge in [-0.2, -0.15) is 0 Å². The van der Waals surface area contributed by atoms with Gasteiger partial charge in [0.2, 0.25) is 11.8 Å². The molecule has 2 aromatic rings. The van der Waals surface area contributed by atoms with Gasteiger partial charge in [0, 0.05) is 25.1 Å². The van der Waals surface area contributed by atoms with E-state index in [2.05, 4.69) is 10.6 Å². The molecule has 2 aliphatic rings. The number of fused-ring (bicyclic) bond motifs is 1. The van der Waals surface area contributed by atoms with Crippen molar-refractivity contribution in [1.82, 2.24) is 15.5 Å². The van der Waals surface area contributed by atoms with E-state index in [9.17, 15) is 24.0 Å². The predicted octanol–water partition coefficient (Wildman–Crippen LogP) is 0.476. The summed E-state index contributed by atoms with van der Waals surface area (Å²) in [4.78, 5) is 62.5. The normalized spacial score (nSPS) is 18.1. The van der Waals surface area contributed by atoms with Crippen LogP contribution in [0.4, 0.5) is 0 Å². The number of nitrogens with one attached hydrogen (secondary N) is 2. The van der Waals surface area contributed by atoms with Crippen molar-refractivity contribution in [2.75, 3.05) is 0 Å². The number of amides is 5. The molecule has 2 aromatic carbocycles. The second-order valence-electron chi connectivity index (χ2n) is 7.41. The molecule has 31 heavy (non-hydrogen) atoms. The number of nitrogens with two attached hydrogens (primary N) is 1. The summed E-state index contributed by atoms with van der Waals surface area (Å²) in [5.41, 5.74) is 7.87. The summed E-state index contributed by atoms with van der Waals surface area (Å²) in [7, 11) is 0. The molecule has 0 radical (unpaired) electrons. The van der Waals surface area contributed by atoms with E-state index in [0.717, 1.165) is 16.0 Å². The number of nitrogens with zero attached hydrogens (tertiary/aromatic N) is 1. The predicted molar refractivity (Wildman–Crippen MR) is 109 cm³/mol. The van der Waals surface area contributed by atoms with Gasteiger partial charge in [-0.1, -0.05) is 24.3 Å². The molecule has 2 heterocycles. The van der Waals surface area contributed by atoms with E-state index in [1.165, 1.54) is 18.2 Å². The molecule has 9 heteroatoms. The van der Waals surface area contributed by atoms with Crippen LogP contribution in [0, 0.1) is 0 Å². The highest BCUT2D eigenvalue weighted by atomic mass is 16.2. The largest absolute Gasteiger partial charge is 0.348 e. The summed E-state index contributed by atoms with van der Waals surface area (Å²) in [6.07, 6.45) is 0.121. The maximum atomic E-state index is 12.8. The Labute approximate surface area is 177 Å². The summed E-state index contributed by atoms with van der Waals surface area (Å²) >= 11 is 0. The van der Waals surface area contributed by atoms with Crippen LogP contribution < -0.4 is 16.4 Å². The van der Waals surface area contributed by atoms with Crippen molar-refractivity contribution in [3.05, 3.63) is 70.3 Å². The topological polar surface area (TPSA) is 139 Å². The Kier molecular flexibility index (Phi) is 5.35.